The van der Waals surface area contributed by atoms with Crippen LogP contribution in [0.4, 0.5) is 0 Å². The molecule has 3 nitrogen and oxygen atoms in total. The second-order valence-corrected chi connectivity index (χ2v) is 4.14. The van der Waals surface area contributed by atoms with Crippen LogP contribution in [0.15, 0.2) is 0 Å². The Labute approximate surface area is 76.5 Å². The molecule has 0 aromatic carbocycles. The van der Waals surface area contributed by atoms with Crippen molar-refractivity contribution < 1.29 is 9.90 Å². The SMILES string of the molecule is CC(C)SN[C@@H](CS)C(=O)O. The number of carboxylic acids is 1. The van der Waals surface area contributed by atoms with Gasteiger partial charge in [0.1, 0.15) is 6.04 Å². The summed E-state index contributed by atoms with van der Waals surface area (Å²) >= 11 is 5.31. The van der Waals surface area contributed by atoms with Gasteiger partial charge in [0.25, 0.3) is 0 Å². The molecule has 0 radical (unpaired) electrons. The van der Waals surface area contributed by atoms with Crippen molar-refractivity contribution in [2.24, 2.45) is 0 Å². The summed E-state index contributed by atoms with van der Waals surface area (Å²) in [7, 11) is 0. The molecule has 0 aliphatic rings. The summed E-state index contributed by atoms with van der Waals surface area (Å²) in [4.78, 5) is 10.4. The zero-order valence-electron chi connectivity index (χ0n) is 6.57. The maximum absolute atomic E-state index is 10.4. The second-order valence-electron chi connectivity index (χ2n) is 2.36. The molecule has 0 aliphatic heterocycles. The fourth-order valence-electron chi connectivity index (χ4n) is 0.384. The van der Waals surface area contributed by atoms with Gasteiger partial charge in [-0.3, -0.25) is 4.79 Å². The van der Waals surface area contributed by atoms with Crippen molar-refractivity contribution in [2.75, 3.05) is 5.75 Å². The van der Waals surface area contributed by atoms with E-state index in [2.05, 4.69) is 17.4 Å². The van der Waals surface area contributed by atoms with Crippen molar-refractivity contribution in [2.45, 2.75) is 25.1 Å². The van der Waals surface area contributed by atoms with Gasteiger partial charge in [0, 0.05) is 11.0 Å². The molecule has 0 amide bonds. The highest BCUT2D eigenvalue weighted by Crippen LogP contribution is 2.05. The van der Waals surface area contributed by atoms with E-state index in [1.54, 1.807) is 0 Å². The number of thiol groups is 1. The lowest BCUT2D eigenvalue weighted by Gasteiger charge is -2.12. The Morgan fingerprint density at radius 1 is 1.73 bits per heavy atom. The first-order chi connectivity index (χ1) is 5.07. The van der Waals surface area contributed by atoms with E-state index in [9.17, 15) is 4.79 Å². The fourth-order valence-corrected chi connectivity index (χ4v) is 1.38. The van der Waals surface area contributed by atoms with Gasteiger partial charge in [0.05, 0.1) is 0 Å². The van der Waals surface area contributed by atoms with Crippen LogP contribution in [0.3, 0.4) is 0 Å². The molecule has 0 rings (SSSR count). The minimum absolute atomic E-state index is 0.315. The molecule has 0 fully saturated rings. The van der Waals surface area contributed by atoms with E-state index >= 15 is 0 Å². The van der Waals surface area contributed by atoms with Crippen LogP contribution in [-0.4, -0.2) is 28.1 Å². The summed E-state index contributed by atoms with van der Waals surface area (Å²) in [5, 5.41) is 8.95. The third kappa shape index (κ3) is 5.41. The van der Waals surface area contributed by atoms with Crippen molar-refractivity contribution in [3.8, 4) is 0 Å². The summed E-state index contributed by atoms with van der Waals surface area (Å²) in [6.07, 6.45) is 0. The summed E-state index contributed by atoms with van der Waals surface area (Å²) < 4.78 is 2.81. The fraction of sp³-hybridized carbons (Fsp3) is 0.833. The Morgan fingerprint density at radius 3 is 2.55 bits per heavy atom. The molecule has 0 bridgehead atoms. The topological polar surface area (TPSA) is 49.3 Å². The van der Waals surface area contributed by atoms with E-state index in [1.165, 1.54) is 11.9 Å². The smallest absolute Gasteiger partial charge is 0.322 e. The van der Waals surface area contributed by atoms with Crippen molar-refractivity contribution in [1.82, 2.24) is 4.72 Å². The van der Waals surface area contributed by atoms with Crippen molar-refractivity contribution >= 4 is 30.5 Å². The number of carbonyl (C=O) groups is 1. The van der Waals surface area contributed by atoms with Crippen LogP contribution < -0.4 is 4.72 Å². The first-order valence-corrected chi connectivity index (χ1v) is 4.84. The van der Waals surface area contributed by atoms with Crippen LogP contribution >= 0.6 is 24.6 Å². The van der Waals surface area contributed by atoms with Crippen LogP contribution in [0.5, 0.6) is 0 Å². The monoisotopic (exact) mass is 195 g/mol. The lowest BCUT2D eigenvalue weighted by Crippen LogP contribution is -2.34. The largest absolute Gasteiger partial charge is 0.480 e. The van der Waals surface area contributed by atoms with Gasteiger partial charge in [-0.1, -0.05) is 25.8 Å². The number of hydrogen-bond acceptors (Lipinski definition) is 4. The molecule has 2 N–H and O–H groups in total. The molecule has 0 heterocycles. The summed E-state index contributed by atoms with van der Waals surface area (Å²) in [6.45, 7) is 3.99. The van der Waals surface area contributed by atoms with Crippen LogP contribution in [0.1, 0.15) is 13.8 Å². The highest BCUT2D eigenvalue weighted by atomic mass is 32.2. The third-order valence-electron chi connectivity index (χ3n) is 0.927. The standard InChI is InChI=1S/C6H13NO2S2/c1-4(2)11-7-5(3-10)6(8)9/h4-5,7,10H,3H2,1-2H3,(H,8,9)/t5-/m0/s1. The molecule has 0 saturated heterocycles. The first-order valence-electron chi connectivity index (χ1n) is 3.32. The van der Waals surface area contributed by atoms with E-state index in [1.807, 2.05) is 13.8 Å². The predicted molar refractivity (Wildman–Crippen MR) is 51.1 cm³/mol. The van der Waals surface area contributed by atoms with Crippen LogP contribution in [0, 0.1) is 0 Å². The Hall–Kier alpha value is 0.130. The summed E-state index contributed by atoms with van der Waals surface area (Å²) in [5.41, 5.74) is 0. The Kier molecular flexibility index (Phi) is 5.81. The van der Waals surface area contributed by atoms with Gasteiger partial charge in [-0.2, -0.15) is 12.6 Å². The van der Waals surface area contributed by atoms with Crippen LogP contribution in [-0.2, 0) is 4.79 Å². The van der Waals surface area contributed by atoms with Crippen LogP contribution in [0.25, 0.3) is 0 Å². The molecular formula is C6H13NO2S2. The second kappa shape index (κ2) is 5.74. The van der Waals surface area contributed by atoms with Crippen molar-refractivity contribution in [1.29, 1.82) is 0 Å². The summed E-state index contributed by atoms with van der Waals surface area (Å²) in [6, 6.07) is -0.550. The van der Waals surface area contributed by atoms with Crippen LogP contribution in [0.2, 0.25) is 0 Å². The predicted octanol–water partition coefficient (Wildman–Crippen LogP) is 1.02. The van der Waals surface area contributed by atoms with E-state index in [-0.39, 0.29) is 0 Å². The molecule has 0 aliphatic carbocycles. The number of hydrogen-bond donors (Lipinski definition) is 3. The first kappa shape index (κ1) is 11.1. The summed E-state index contributed by atoms with van der Waals surface area (Å²) in [5.74, 6) is -0.539. The molecule has 66 valence electrons. The van der Waals surface area contributed by atoms with Crippen molar-refractivity contribution in [3.05, 3.63) is 0 Å². The lowest BCUT2D eigenvalue weighted by molar-refractivity contribution is -0.138. The maximum atomic E-state index is 10.4. The number of carboxylic acid groups (broad SMARTS) is 1. The van der Waals surface area contributed by atoms with E-state index < -0.39 is 12.0 Å². The van der Waals surface area contributed by atoms with E-state index in [4.69, 9.17) is 5.11 Å². The molecule has 1 atom stereocenters. The molecule has 0 aromatic heterocycles. The lowest BCUT2D eigenvalue weighted by atomic mass is 10.4. The van der Waals surface area contributed by atoms with Gasteiger partial charge in [0.2, 0.25) is 0 Å². The minimum Gasteiger partial charge on any atom is -0.480 e. The minimum atomic E-state index is -0.854. The molecule has 0 aromatic rings. The van der Waals surface area contributed by atoms with Gasteiger partial charge in [-0.25, -0.2) is 4.72 Å². The molecule has 5 heteroatoms. The highest BCUT2D eigenvalue weighted by molar-refractivity contribution is 7.98. The normalized spacial score (nSPS) is 13.5. The third-order valence-corrected chi connectivity index (χ3v) is 2.18. The average molecular weight is 195 g/mol. The molecule has 0 spiro atoms. The maximum Gasteiger partial charge on any atom is 0.322 e. The highest BCUT2D eigenvalue weighted by Gasteiger charge is 2.14. The quantitative estimate of drug-likeness (QED) is 0.453. The number of rotatable bonds is 5. The van der Waals surface area contributed by atoms with E-state index in [0.29, 0.717) is 11.0 Å². The number of aliphatic carboxylic acids is 1. The van der Waals surface area contributed by atoms with Gasteiger partial charge in [-0.15, -0.1) is 0 Å². The Balaban J connectivity index is 3.61. The zero-order chi connectivity index (χ0) is 8.85. The van der Waals surface area contributed by atoms with Gasteiger partial charge >= 0.3 is 5.97 Å². The zero-order valence-corrected chi connectivity index (χ0v) is 8.28. The van der Waals surface area contributed by atoms with Gasteiger partial charge in [0.15, 0.2) is 0 Å². The average Bonchev–Trinajstić information content (AvgIpc) is 1.87. The molecule has 11 heavy (non-hydrogen) atoms. The Bertz CT molecular complexity index is 130. The molecular weight excluding hydrogens is 182 g/mol. The Morgan fingerprint density at radius 2 is 2.27 bits per heavy atom. The molecule has 0 saturated carbocycles. The van der Waals surface area contributed by atoms with Gasteiger partial charge in [-0.05, 0) is 0 Å². The van der Waals surface area contributed by atoms with Gasteiger partial charge < -0.3 is 5.11 Å². The number of nitrogens with one attached hydrogen (secondary N) is 1. The van der Waals surface area contributed by atoms with Crippen molar-refractivity contribution in [3.63, 3.8) is 0 Å². The van der Waals surface area contributed by atoms with E-state index in [0.717, 1.165) is 0 Å². The molecule has 0 unspecified atom stereocenters.